The average Bonchev–Trinajstić information content (AvgIpc) is 2.59. The monoisotopic (exact) mass is 466 g/mol. The summed E-state index contributed by atoms with van der Waals surface area (Å²) in [5.41, 5.74) is 1.22. The number of rotatable bonds is 6. The molecule has 2 N–H and O–H groups in total. The van der Waals surface area contributed by atoms with Crippen LogP contribution in [0.5, 0.6) is 0 Å². The molecule has 0 spiro atoms. The first-order valence-electron chi connectivity index (χ1n) is 8.26. The van der Waals surface area contributed by atoms with E-state index < -0.39 is 0 Å². The second kappa shape index (κ2) is 11.9. The van der Waals surface area contributed by atoms with E-state index in [0.717, 1.165) is 56.8 Å². The number of morpholine rings is 1. The second-order valence-corrected chi connectivity index (χ2v) is 6.04. The lowest BCUT2D eigenvalue weighted by Crippen LogP contribution is -2.46. The maximum Gasteiger partial charge on any atom is 0.191 e. The Balaban J connectivity index is 0.00000288. The predicted molar refractivity (Wildman–Crippen MR) is 112 cm³/mol. The summed E-state index contributed by atoms with van der Waals surface area (Å²) in [5, 5.41) is 7.52. The van der Waals surface area contributed by atoms with Gasteiger partial charge in [-0.3, -0.25) is 9.89 Å². The van der Waals surface area contributed by atoms with Gasteiger partial charge in [-0.05, 0) is 24.1 Å². The lowest BCUT2D eigenvalue weighted by molar-refractivity contribution is 0.0170. The molecule has 1 unspecified atom stereocenters. The van der Waals surface area contributed by atoms with Gasteiger partial charge < -0.3 is 15.4 Å². The minimum atomic E-state index is 0. The third-order valence-corrected chi connectivity index (χ3v) is 4.18. The smallest absolute Gasteiger partial charge is 0.191 e. The zero-order chi connectivity index (χ0) is 16.5. The fourth-order valence-electron chi connectivity index (χ4n) is 2.72. The Hall–Kier alpha value is -0.570. The largest absolute Gasteiger partial charge is 0.379 e. The first-order chi connectivity index (χ1) is 11.2. The summed E-state index contributed by atoms with van der Waals surface area (Å²) >= 11 is 6.19. The average molecular weight is 467 g/mol. The van der Waals surface area contributed by atoms with Gasteiger partial charge in [0.1, 0.15) is 0 Å². The van der Waals surface area contributed by atoms with E-state index in [9.17, 15) is 0 Å². The highest BCUT2D eigenvalue weighted by Crippen LogP contribution is 2.23. The van der Waals surface area contributed by atoms with Crippen molar-refractivity contribution in [2.75, 3.05) is 46.4 Å². The third-order valence-electron chi connectivity index (χ3n) is 3.95. The van der Waals surface area contributed by atoms with Gasteiger partial charge in [-0.2, -0.15) is 0 Å². The minimum Gasteiger partial charge on any atom is -0.379 e. The van der Waals surface area contributed by atoms with Crippen LogP contribution in [0.15, 0.2) is 29.3 Å². The van der Waals surface area contributed by atoms with Gasteiger partial charge in [-0.15, -0.1) is 24.0 Å². The van der Waals surface area contributed by atoms with Crippen LogP contribution < -0.4 is 10.6 Å². The van der Waals surface area contributed by atoms with Gasteiger partial charge in [0.05, 0.1) is 19.3 Å². The summed E-state index contributed by atoms with van der Waals surface area (Å²) in [6.45, 7) is 7.25. The van der Waals surface area contributed by atoms with E-state index >= 15 is 0 Å². The highest BCUT2D eigenvalue weighted by molar-refractivity contribution is 14.0. The summed E-state index contributed by atoms with van der Waals surface area (Å²) in [5.74, 6) is 0.840. The SMILES string of the molecule is CCCNC(=NC)NCC(c1cccc(Cl)c1)N1CCOCC1.I. The first kappa shape index (κ1) is 21.5. The molecule has 2 rings (SSSR count). The van der Waals surface area contributed by atoms with E-state index in [1.807, 2.05) is 18.2 Å². The molecule has 0 radical (unpaired) electrons. The molecule has 5 nitrogen and oxygen atoms in total. The molecule has 1 saturated heterocycles. The Morgan fingerprint density at radius 3 is 2.71 bits per heavy atom. The van der Waals surface area contributed by atoms with Crippen molar-refractivity contribution in [3.8, 4) is 0 Å². The Morgan fingerprint density at radius 1 is 1.33 bits per heavy atom. The predicted octanol–water partition coefficient (Wildman–Crippen LogP) is 2.91. The molecule has 136 valence electrons. The molecule has 7 heteroatoms. The summed E-state index contributed by atoms with van der Waals surface area (Å²) in [7, 11) is 1.80. The van der Waals surface area contributed by atoms with Crippen LogP contribution in [0.3, 0.4) is 0 Å². The molecule has 24 heavy (non-hydrogen) atoms. The van der Waals surface area contributed by atoms with Crippen molar-refractivity contribution in [2.24, 2.45) is 4.99 Å². The molecule has 1 atom stereocenters. The van der Waals surface area contributed by atoms with E-state index in [1.165, 1.54) is 5.56 Å². The molecule has 1 aromatic rings. The van der Waals surface area contributed by atoms with Crippen LogP contribution in [0.2, 0.25) is 5.02 Å². The van der Waals surface area contributed by atoms with Crippen LogP contribution in [0.25, 0.3) is 0 Å². The van der Waals surface area contributed by atoms with E-state index in [0.29, 0.717) is 0 Å². The van der Waals surface area contributed by atoms with Crippen LogP contribution in [0.4, 0.5) is 0 Å². The van der Waals surface area contributed by atoms with Crippen molar-refractivity contribution in [3.63, 3.8) is 0 Å². The van der Waals surface area contributed by atoms with Crippen molar-refractivity contribution in [1.82, 2.24) is 15.5 Å². The van der Waals surface area contributed by atoms with E-state index in [1.54, 1.807) is 7.05 Å². The molecule has 0 amide bonds. The number of nitrogens with one attached hydrogen (secondary N) is 2. The Kier molecular flexibility index (Phi) is 10.6. The number of hydrogen-bond donors (Lipinski definition) is 2. The molecule has 0 saturated carbocycles. The minimum absolute atomic E-state index is 0. The van der Waals surface area contributed by atoms with Crippen LogP contribution in [0.1, 0.15) is 24.9 Å². The van der Waals surface area contributed by atoms with Crippen molar-refractivity contribution < 1.29 is 4.74 Å². The lowest BCUT2D eigenvalue weighted by atomic mass is 10.0. The highest BCUT2D eigenvalue weighted by Gasteiger charge is 2.23. The fourth-order valence-corrected chi connectivity index (χ4v) is 2.92. The topological polar surface area (TPSA) is 48.9 Å². The molecule has 0 aliphatic carbocycles. The number of guanidine groups is 1. The molecular weight excluding hydrogens is 439 g/mol. The standard InChI is InChI=1S/C17H27ClN4O.HI/c1-3-7-20-17(19-2)21-13-16(22-8-10-23-11-9-22)14-5-4-6-15(18)12-14;/h4-6,12,16H,3,7-11,13H2,1-2H3,(H2,19,20,21);1H. The Labute approximate surface area is 167 Å². The van der Waals surface area contributed by atoms with Crippen molar-refractivity contribution in [1.29, 1.82) is 0 Å². The number of benzene rings is 1. The molecule has 0 aromatic heterocycles. The molecule has 1 aromatic carbocycles. The molecule has 1 heterocycles. The lowest BCUT2D eigenvalue weighted by Gasteiger charge is -2.35. The van der Waals surface area contributed by atoms with E-state index in [2.05, 4.69) is 33.5 Å². The molecule has 1 aliphatic heterocycles. The van der Waals surface area contributed by atoms with Crippen LogP contribution in [-0.4, -0.2) is 57.3 Å². The summed E-state index contributed by atoms with van der Waals surface area (Å²) in [6, 6.07) is 8.35. The molecule has 1 fully saturated rings. The molecule has 1 aliphatic rings. The Bertz CT molecular complexity index is 509. The summed E-state index contributed by atoms with van der Waals surface area (Å²) in [4.78, 5) is 6.72. The first-order valence-corrected chi connectivity index (χ1v) is 8.64. The second-order valence-electron chi connectivity index (χ2n) is 5.60. The highest BCUT2D eigenvalue weighted by atomic mass is 127. The van der Waals surface area contributed by atoms with Gasteiger partial charge in [-0.1, -0.05) is 30.7 Å². The van der Waals surface area contributed by atoms with Gasteiger partial charge in [-0.25, -0.2) is 0 Å². The molecular formula is C17H28ClIN4O. The van der Waals surface area contributed by atoms with Gasteiger partial charge >= 0.3 is 0 Å². The number of aliphatic imine (C=N–C) groups is 1. The zero-order valence-electron chi connectivity index (χ0n) is 14.4. The number of halogens is 2. The van der Waals surface area contributed by atoms with E-state index in [-0.39, 0.29) is 30.0 Å². The summed E-state index contributed by atoms with van der Waals surface area (Å²) < 4.78 is 5.49. The maximum atomic E-state index is 6.19. The van der Waals surface area contributed by atoms with Crippen LogP contribution >= 0.6 is 35.6 Å². The van der Waals surface area contributed by atoms with Crippen molar-refractivity contribution >= 4 is 41.5 Å². The molecule has 0 bridgehead atoms. The van der Waals surface area contributed by atoms with Crippen LogP contribution in [-0.2, 0) is 4.74 Å². The quantitative estimate of drug-likeness (QED) is 0.384. The van der Waals surface area contributed by atoms with Crippen molar-refractivity contribution in [3.05, 3.63) is 34.9 Å². The normalized spacial score (nSPS) is 17.0. The zero-order valence-corrected chi connectivity index (χ0v) is 17.5. The number of hydrogen-bond acceptors (Lipinski definition) is 3. The van der Waals surface area contributed by atoms with Crippen molar-refractivity contribution in [2.45, 2.75) is 19.4 Å². The van der Waals surface area contributed by atoms with Gasteiger partial charge in [0.15, 0.2) is 5.96 Å². The number of nitrogens with zero attached hydrogens (tertiary/aromatic N) is 2. The van der Waals surface area contributed by atoms with E-state index in [4.69, 9.17) is 16.3 Å². The van der Waals surface area contributed by atoms with Gasteiger partial charge in [0.25, 0.3) is 0 Å². The van der Waals surface area contributed by atoms with Crippen LogP contribution in [0, 0.1) is 0 Å². The van der Waals surface area contributed by atoms with Gasteiger partial charge in [0.2, 0.25) is 0 Å². The summed E-state index contributed by atoms with van der Waals surface area (Å²) in [6.07, 6.45) is 1.07. The fraction of sp³-hybridized carbons (Fsp3) is 0.588. The number of ether oxygens (including phenoxy) is 1. The Morgan fingerprint density at radius 2 is 2.08 bits per heavy atom. The maximum absolute atomic E-state index is 6.19. The third kappa shape index (κ3) is 6.74. The van der Waals surface area contributed by atoms with Gasteiger partial charge in [0, 0.05) is 38.2 Å².